The minimum Gasteiger partial charge on any atom is -0.372 e. The zero-order valence-corrected chi connectivity index (χ0v) is 20.4. The molecule has 2 aromatic carbocycles. The van der Waals surface area contributed by atoms with Gasteiger partial charge in [-0.05, 0) is 55.5 Å². The third-order valence-electron chi connectivity index (χ3n) is 6.70. The summed E-state index contributed by atoms with van der Waals surface area (Å²) in [7, 11) is 0. The van der Waals surface area contributed by atoms with E-state index in [4.69, 9.17) is 0 Å². The number of halogens is 3. The Hall–Kier alpha value is -3.29. The van der Waals surface area contributed by atoms with Gasteiger partial charge in [-0.3, -0.25) is 14.5 Å². The first-order valence-corrected chi connectivity index (χ1v) is 11.8. The molecule has 186 valence electrons. The van der Waals surface area contributed by atoms with E-state index in [0.29, 0.717) is 23.4 Å². The predicted octanol–water partition coefficient (Wildman–Crippen LogP) is 6.24. The SMILES string of the molecule is CCN(CC)c1ccc([C@@H]2C3=C(CC(C)(C)CC3=O)Nc3ccccc3N2C(=O)C(F)(F)F)cc1. The molecular weight excluding hydrogens is 455 g/mol. The number of fused-ring (bicyclic) bond motifs is 1. The van der Waals surface area contributed by atoms with Gasteiger partial charge in [0.1, 0.15) is 0 Å². The highest BCUT2D eigenvalue weighted by Crippen LogP contribution is 2.49. The molecule has 1 atom stereocenters. The number of benzene rings is 2. The third kappa shape index (κ3) is 4.66. The minimum atomic E-state index is -5.12. The molecule has 0 spiro atoms. The van der Waals surface area contributed by atoms with Gasteiger partial charge in [0.15, 0.2) is 5.78 Å². The zero-order chi connectivity index (χ0) is 25.5. The van der Waals surface area contributed by atoms with Gasteiger partial charge in [-0.2, -0.15) is 13.2 Å². The number of anilines is 3. The second-order valence-electron chi connectivity index (χ2n) is 9.81. The van der Waals surface area contributed by atoms with Crippen molar-refractivity contribution in [3.05, 3.63) is 65.4 Å². The summed E-state index contributed by atoms with van der Waals surface area (Å²) in [5.41, 5.74) is 2.25. The molecule has 0 bridgehead atoms. The van der Waals surface area contributed by atoms with Gasteiger partial charge in [0, 0.05) is 36.5 Å². The fraction of sp³-hybridized carbons (Fsp3) is 0.407. The van der Waals surface area contributed by atoms with Crippen LogP contribution in [0.2, 0.25) is 0 Å². The molecule has 0 aromatic heterocycles. The molecule has 0 saturated heterocycles. The number of carbonyl (C=O) groups excluding carboxylic acids is 2. The molecule has 2 aromatic rings. The van der Waals surface area contributed by atoms with Crippen LogP contribution in [0.25, 0.3) is 0 Å². The number of hydrogen-bond acceptors (Lipinski definition) is 4. The zero-order valence-electron chi connectivity index (χ0n) is 20.4. The molecule has 1 amide bonds. The fourth-order valence-corrected chi connectivity index (χ4v) is 5.12. The van der Waals surface area contributed by atoms with E-state index in [1.165, 1.54) is 6.07 Å². The summed E-state index contributed by atoms with van der Waals surface area (Å²) in [6.45, 7) is 9.51. The van der Waals surface area contributed by atoms with E-state index in [0.717, 1.165) is 23.7 Å². The summed E-state index contributed by atoms with van der Waals surface area (Å²) in [6.07, 6.45) is -4.45. The Labute approximate surface area is 203 Å². The number of para-hydroxylation sites is 2. The van der Waals surface area contributed by atoms with Crippen LogP contribution >= 0.6 is 0 Å². The van der Waals surface area contributed by atoms with Crippen LogP contribution in [0.1, 0.15) is 52.1 Å². The number of Topliss-reactive ketones (excluding diaryl/α,β-unsaturated/α-hetero) is 1. The first kappa shape index (κ1) is 24.8. The lowest BCUT2D eigenvalue weighted by molar-refractivity contribution is -0.170. The van der Waals surface area contributed by atoms with E-state index < -0.39 is 18.1 Å². The van der Waals surface area contributed by atoms with Gasteiger partial charge in [0.2, 0.25) is 0 Å². The van der Waals surface area contributed by atoms with Gasteiger partial charge in [-0.1, -0.05) is 38.1 Å². The first-order chi connectivity index (χ1) is 16.5. The van der Waals surface area contributed by atoms with Crippen molar-refractivity contribution in [1.29, 1.82) is 0 Å². The highest BCUT2D eigenvalue weighted by atomic mass is 19.4. The molecule has 0 unspecified atom stereocenters. The number of hydrogen-bond donors (Lipinski definition) is 1. The van der Waals surface area contributed by atoms with Crippen molar-refractivity contribution in [1.82, 2.24) is 0 Å². The average molecular weight is 486 g/mol. The molecule has 0 saturated carbocycles. The Morgan fingerprint density at radius 3 is 2.29 bits per heavy atom. The van der Waals surface area contributed by atoms with Crippen molar-refractivity contribution < 1.29 is 22.8 Å². The van der Waals surface area contributed by atoms with E-state index in [-0.39, 0.29) is 28.9 Å². The maximum absolute atomic E-state index is 13.9. The van der Waals surface area contributed by atoms with Gasteiger partial charge in [-0.25, -0.2) is 0 Å². The summed E-state index contributed by atoms with van der Waals surface area (Å²) in [5.74, 6) is -2.26. The summed E-state index contributed by atoms with van der Waals surface area (Å²) < 4.78 is 41.8. The van der Waals surface area contributed by atoms with Gasteiger partial charge in [0.25, 0.3) is 0 Å². The van der Waals surface area contributed by atoms with Crippen molar-refractivity contribution in [2.75, 3.05) is 28.2 Å². The Morgan fingerprint density at radius 2 is 1.69 bits per heavy atom. The van der Waals surface area contributed by atoms with Crippen molar-refractivity contribution >= 4 is 28.8 Å². The molecule has 5 nitrogen and oxygen atoms in total. The van der Waals surface area contributed by atoms with Crippen molar-refractivity contribution in [2.45, 2.75) is 52.8 Å². The second kappa shape index (κ2) is 9.06. The normalized spacial score (nSPS) is 19.5. The first-order valence-electron chi connectivity index (χ1n) is 11.8. The van der Waals surface area contributed by atoms with E-state index >= 15 is 0 Å². The van der Waals surface area contributed by atoms with E-state index in [9.17, 15) is 22.8 Å². The largest absolute Gasteiger partial charge is 0.471 e. The number of ketones is 1. The van der Waals surface area contributed by atoms with Crippen molar-refractivity contribution in [3.8, 4) is 0 Å². The second-order valence-corrected chi connectivity index (χ2v) is 9.81. The molecular formula is C27H30F3N3O2. The molecule has 2 aliphatic rings. The minimum absolute atomic E-state index is 0.0904. The van der Waals surface area contributed by atoms with Crippen LogP contribution in [0.5, 0.6) is 0 Å². The predicted molar refractivity (Wildman–Crippen MR) is 131 cm³/mol. The Balaban J connectivity index is 1.97. The van der Waals surface area contributed by atoms with Gasteiger partial charge < -0.3 is 10.2 Å². The number of nitrogens with one attached hydrogen (secondary N) is 1. The van der Waals surface area contributed by atoms with E-state index in [1.807, 2.05) is 39.8 Å². The van der Waals surface area contributed by atoms with E-state index in [1.54, 1.807) is 30.3 Å². The van der Waals surface area contributed by atoms with Gasteiger partial charge in [-0.15, -0.1) is 0 Å². The van der Waals surface area contributed by atoms with E-state index in [2.05, 4.69) is 10.2 Å². The van der Waals surface area contributed by atoms with Gasteiger partial charge >= 0.3 is 12.1 Å². The molecule has 1 aliphatic carbocycles. The standard InChI is InChI=1S/C27H30F3N3O2/c1-5-32(6-2)18-13-11-17(12-14-18)24-23-20(15-26(3,4)16-22(23)34)31-19-9-7-8-10-21(19)33(24)25(35)27(28,29)30/h7-14,24,31H,5-6,15-16H2,1-4H3/t24-/m1/s1. The van der Waals surface area contributed by atoms with Crippen LogP contribution < -0.4 is 15.1 Å². The maximum atomic E-state index is 13.9. The van der Waals surface area contributed by atoms with Crippen LogP contribution in [0.3, 0.4) is 0 Å². The molecule has 0 radical (unpaired) electrons. The lowest BCUT2D eigenvalue weighted by Gasteiger charge is -2.37. The molecule has 4 rings (SSSR count). The van der Waals surface area contributed by atoms with Gasteiger partial charge in [0.05, 0.1) is 17.4 Å². The Morgan fingerprint density at radius 1 is 1.06 bits per heavy atom. The Kier molecular flexibility index (Phi) is 6.42. The topological polar surface area (TPSA) is 52.7 Å². The molecule has 1 heterocycles. The lowest BCUT2D eigenvalue weighted by Crippen LogP contribution is -2.45. The average Bonchev–Trinajstić information content (AvgIpc) is 2.92. The van der Waals surface area contributed by atoms with Crippen LogP contribution in [0, 0.1) is 5.41 Å². The number of alkyl halides is 3. The molecule has 1 N–H and O–H groups in total. The highest BCUT2D eigenvalue weighted by Gasteiger charge is 2.50. The molecule has 0 fully saturated rings. The summed E-state index contributed by atoms with van der Waals surface area (Å²) in [5, 5.41) is 3.22. The number of rotatable bonds is 4. The quantitative estimate of drug-likeness (QED) is 0.557. The van der Waals surface area contributed by atoms with Crippen LogP contribution in [-0.2, 0) is 9.59 Å². The van der Waals surface area contributed by atoms with Crippen LogP contribution in [-0.4, -0.2) is 31.0 Å². The highest BCUT2D eigenvalue weighted by molar-refractivity contribution is 6.07. The van der Waals surface area contributed by atoms with Crippen LogP contribution in [0.4, 0.5) is 30.2 Å². The number of carbonyl (C=O) groups is 2. The number of nitrogens with zero attached hydrogens (tertiary/aromatic N) is 2. The third-order valence-corrected chi connectivity index (χ3v) is 6.70. The lowest BCUT2D eigenvalue weighted by atomic mass is 9.73. The summed E-state index contributed by atoms with van der Waals surface area (Å²) >= 11 is 0. The summed E-state index contributed by atoms with van der Waals surface area (Å²) in [6, 6.07) is 12.3. The monoisotopic (exact) mass is 485 g/mol. The Bertz CT molecular complexity index is 1160. The summed E-state index contributed by atoms with van der Waals surface area (Å²) in [4.78, 5) is 29.3. The van der Waals surface area contributed by atoms with Crippen molar-refractivity contribution in [2.24, 2.45) is 5.41 Å². The fourth-order valence-electron chi connectivity index (χ4n) is 5.12. The molecule has 35 heavy (non-hydrogen) atoms. The maximum Gasteiger partial charge on any atom is 0.471 e. The number of allylic oxidation sites excluding steroid dienone is 1. The van der Waals surface area contributed by atoms with Crippen molar-refractivity contribution in [3.63, 3.8) is 0 Å². The number of amides is 1. The smallest absolute Gasteiger partial charge is 0.372 e. The molecule has 8 heteroatoms. The molecule has 1 aliphatic heterocycles. The van der Waals surface area contributed by atoms with Crippen LogP contribution in [0.15, 0.2) is 59.8 Å².